The molecule has 0 aromatic heterocycles. The van der Waals surface area contributed by atoms with Gasteiger partial charge in [-0.2, -0.15) is 0 Å². The number of para-hydroxylation sites is 1. The smallest absolute Gasteiger partial charge is 0.185 e. The van der Waals surface area contributed by atoms with Gasteiger partial charge < -0.3 is 9.64 Å². The Morgan fingerprint density at radius 3 is 2.05 bits per heavy atom. The minimum atomic E-state index is -1.50. The number of rotatable bonds is 4. The Balaban J connectivity index is 1.54. The standard InChI is InChI=1S/C34H25NO4/c1-39-24-18-15-22(16-19-24)29-30(31(36)23-10-3-2-4-11-23)35-27-14-8-5-9-21(27)17-20-28(35)34(29)32(37)25-12-6-7-13-26(25)33(34)38/h2-20,28-30H,1H3/t28?,29-,30+/m1/s1. The summed E-state index contributed by atoms with van der Waals surface area (Å²) in [6.07, 6.45) is 3.92. The van der Waals surface area contributed by atoms with E-state index in [9.17, 15) is 14.4 Å². The van der Waals surface area contributed by atoms with E-state index in [-0.39, 0.29) is 17.3 Å². The van der Waals surface area contributed by atoms with Gasteiger partial charge in [0.25, 0.3) is 0 Å². The summed E-state index contributed by atoms with van der Waals surface area (Å²) in [6.45, 7) is 0. The average molecular weight is 512 g/mol. The molecule has 1 spiro atoms. The maximum absolute atomic E-state index is 14.6. The molecule has 7 rings (SSSR count). The van der Waals surface area contributed by atoms with E-state index in [0.29, 0.717) is 22.4 Å². The molecule has 2 heterocycles. The average Bonchev–Trinajstić information content (AvgIpc) is 3.43. The Bertz CT molecular complexity index is 1640. The highest BCUT2D eigenvalue weighted by molar-refractivity contribution is 6.32. The largest absolute Gasteiger partial charge is 0.497 e. The van der Waals surface area contributed by atoms with Crippen LogP contribution in [-0.2, 0) is 0 Å². The van der Waals surface area contributed by atoms with Crippen LogP contribution in [0.1, 0.15) is 48.1 Å². The van der Waals surface area contributed by atoms with Crippen LogP contribution in [0.3, 0.4) is 0 Å². The number of carbonyl (C=O) groups is 3. The summed E-state index contributed by atoms with van der Waals surface area (Å²) >= 11 is 0. The number of ether oxygens (including phenoxy) is 1. The summed E-state index contributed by atoms with van der Waals surface area (Å²) < 4.78 is 5.40. The van der Waals surface area contributed by atoms with Gasteiger partial charge in [-0.05, 0) is 29.3 Å². The van der Waals surface area contributed by atoms with Crippen molar-refractivity contribution >= 4 is 29.1 Å². The number of methoxy groups -OCH3 is 1. The predicted octanol–water partition coefficient (Wildman–Crippen LogP) is 6.01. The van der Waals surface area contributed by atoms with E-state index in [1.807, 2.05) is 83.8 Å². The summed E-state index contributed by atoms with van der Waals surface area (Å²) in [5.74, 6) is -0.658. The molecule has 3 aliphatic rings. The van der Waals surface area contributed by atoms with Gasteiger partial charge in [0.05, 0.1) is 13.2 Å². The van der Waals surface area contributed by atoms with Crippen molar-refractivity contribution in [1.29, 1.82) is 0 Å². The first-order chi connectivity index (χ1) is 19.1. The Labute approximate surface area is 226 Å². The molecule has 5 heteroatoms. The van der Waals surface area contributed by atoms with Gasteiger partial charge in [0, 0.05) is 28.3 Å². The van der Waals surface area contributed by atoms with Crippen LogP contribution in [0.25, 0.3) is 6.08 Å². The molecule has 0 amide bonds. The van der Waals surface area contributed by atoms with Crippen molar-refractivity contribution < 1.29 is 19.1 Å². The van der Waals surface area contributed by atoms with Gasteiger partial charge in [-0.25, -0.2) is 0 Å². The molecule has 1 saturated heterocycles. The van der Waals surface area contributed by atoms with E-state index in [0.717, 1.165) is 16.8 Å². The molecular formula is C34H25NO4. The maximum atomic E-state index is 14.6. The summed E-state index contributed by atoms with van der Waals surface area (Å²) in [7, 11) is 1.59. The van der Waals surface area contributed by atoms with Crippen LogP contribution in [0.15, 0.2) is 109 Å². The molecule has 1 unspecified atom stereocenters. The number of ketones is 3. The first kappa shape index (κ1) is 23.4. The highest BCUT2D eigenvalue weighted by atomic mass is 16.5. The topological polar surface area (TPSA) is 63.7 Å². The third kappa shape index (κ3) is 3.10. The Kier molecular flexibility index (Phi) is 5.17. The highest BCUT2D eigenvalue weighted by Crippen LogP contribution is 2.61. The number of nitrogens with zero attached hydrogens (tertiary/aromatic N) is 1. The molecule has 39 heavy (non-hydrogen) atoms. The monoisotopic (exact) mass is 511 g/mol. The highest BCUT2D eigenvalue weighted by Gasteiger charge is 2.71. The van der Waals surface area contributed by atoms with Gasteiger partial charge in [0.2, 0.25) is 0 Å². The second-order valence-electron chi connectivity index (χ2n) is 10.3. The lowest BCUT2D eigenvalue weighted by Gasteiger charge is -2.37. The minimum Gasteiger partial charge on any atom is -0.497 e. The summed E-state index contributed by atoms with van der Waals surface area (Å²) in [6, 6.07) is 30.0. The molecule has 1 aliphatic carbocycles. The van der Waals surface area contributed by atoms with E-state index in [2.05, 4.69) is 0 Å². The third-order valence-corrected chi connectivity index (χ3v) is 8.51. The zero-order valence-corrected chi connectivity index (χ0v) is 21.3. The molecule has 190 valence electrons. The Hall–Kier alpha value is -4.77. The fourth-order valence-corrected chi connectivity index (χ4v) is 6.87. The van der Waals surface area contributed by atoms with Crippen molar-refractivity contribution in [2.24, 2.45) is 5.41 Å². The molecule has 0 saturated carbocycles. The van der Waals surface area contributed by atoms with Gasteiger partial charge in [-0.3, -0.25) is 14.4 Å². The second-order valence-corrected chi connectivity index (χ2v) is 10.3. The van der Waals surface area contributed by atoms with E-state index < -0.39 is 23.4 Å². The number of hydrogen-bond acceptors (Lipinski definition) is 5. The van der Waals surface area contributed by atoms with Gasteiger partial charge in [0.15, 0.2) is 17.3 Å². The molecule has 2 aliphatic heterocycles. The van der Waals surface area contributed by atoms with Crippen molar-refractivity contribution in [2.75, 3.05) is 12.0 Å². The van der Waals surface area contributed by atoms with E-state index in [1.165, 1.54) is 0 Å². The number of anilines is 1. The molecule has 0 bridgehead atoms. The van der Waals surface area contributed by atoms with Crippen LogP contribution in [-0.4, -0.2) is 36.5 Å². The molecule has 5 nitrogen and oxygen atoms in total. The van der Waals surface area contributed by atoms with Gasteiger partial charge in [-0.1, -0.05) is 97.1 Å². The number of fused-ring (bicyclic) bond motifs is 5. The van der Waals surface area contributed by atoms with Crippen molar-refractivity contribution in [3.05, 3.63) is 137 Å². The minimum absolute atomic E-state index is 0.125. The number of hydrogen-bond donors (Lipinski definition) is 0. The first-order valence-corrected chi connectivity index (χ1v) is 13.0. The summed E-state index contributed by atoms with van der Waals surface area (Å²) in [4.78, 5) is 45.7. The van der Waals surface area contributed by atoms with Crippen LogP contribution < -0.4 is 9.64 Å². The van der Waals surface area contributed by atoms with Gasteiger partial charge in [0.1, 0.15) is 17.2 Å². The fraction of sp³-hybridized carbons (Fsp3) is 0.147. The van der Waals surface area contributed by atoms with Crippen molar-refractivity contribution in [2.45, 2.75) is 18.0 Å². The van der Waals surface area contributed by atoms with Crippen LogP contribution in [0, 0.1) is 5.41 Å². The van der Waals surface area contributed by atoms with Crippen LogP contribution in [0.5, 0.6) is 5.75 Å². The van der Waals surface area contributed by atoms with Crippen molar-refractivity contribution in [3.63, 3.8) is 0 Å². The second kappa shape index (κ2) is 8.63. The Morgan fingerprint density at radius 2 is 1.38 bits per heavy atom. The number of benzene rings is 4. The molecule has 3 atom stereocenters. The molecule has 0 N–H and O–H groups in total. The van der Waals surface area contributed by atoms with Gasteiger partial charge >= 0.3 is 0 Å². The molecule has 4 aromatic carbocycles. The quantitative estimate of drug-likeness (QED) is 0.248. The zero-order chi connectivity index (χ0) is 26.7. The van der Waals surface area contributed by atoms with Crippen LogP contribution in [0.4, 0.5) is 5.69 Å². The lowest BCUT2D eigenvalue weighted by atomic mass is 9.64. The Morgan fingerprint density at radius 1 is 0.769 bits per heavy atom. The maximum Gasteiger partial charge on any atom is 0.185 e. The van der Waals surface area contributed by atoms with E-state index >= 15 is 0 Å². The zero-order valence-electron chi connectivity index (χ0n) is 21.3. The lowest BCUT2D eigenvalue weighted by molar-refractivity contribution is 0.0666. The van der Waals surface area contributed by atoms with Crippen LogP contribution in [0.2, 0.25) is 0 Å². The van der Waals surface area contributed by atoms with Crippen molar-refractivity contribution in [3.8, 4) is 5.75 Å². The summed E-state index contributed by atoms with van der Waals surface area (Å²) in [5, 5.41) is 0. The molecule has 4 aromatic rings. The van der Waals surface area contributed by atoms with E-state index in [4.69, 9.17) is 4.74 Å². The number of carbonyl (C=O) groups excluding carboxylic acids is 3. The number of Topliss-reactive ketones (excluding diaryl/α,β-unsaturated/α-hetero) is 3. The van der Waals surface area contributed by atoms with Crippen molar-refractivity contribution in [1.82, 2.24) is 0 Å². The molecule has 0 radical (unpaired) electrons. The molecular weight excluding hydrogens is 486 g/mol. The summed E-state index contributed by atoms with van der Waals surface area (Å²) in [5.41, 5.74) is 2.41. The predicted molar refractivity (Wildman–Crippen MR) is 150 cm³/mol. The SMILES string of the molecule is COc1ccc([C@@H]2[C@@H](C(=O)c3ccccc3)N3c4ccccc4C=CC3C23C(=O)c2ccccc2C3=O)cc1. The molecule has 1 fully saturated rings. The van der Waals surface area contributed by atoms with Gasteiger partial charge in [-0.15, -0.1) is 0 Å². The van der Waals surface area contributed by atoms with E-state index in [1.54, 1.807) is 43.5 Å². The first-order valence-electron chi connectivity index (χ1n) is 13.0. The third-order valence-electron chi connectivity index (χ3n) is 8.51. The lowest BCUT2D eigenvalue weighted by Crippen LogP contribution is -2.48. The normalized spacial score (nSPS) is 22.0. The fourth-order valence-electron chi connectivity index (χ4n) is 6.87. The van der Waals surface area contributed by atoms with Crippen LogP contribution >= 0.6 is 0 Å².